The summed E-state index contributed by atoms with van der Waals surface area (Å²) in [5, 5.41) is 7.23. The Hall–Kier alpha value is -0.490. The van der Waals surface area contributed by atoms with Gasteiger partial charge in [-0.25, -0.2) is 0 Å². The van der Waals surface area contributed by atoms with Crippen LogP contribution in [0.4, 0.5) is 0 Å². The molecular formula is C15H18Cl2N2OS2. The van der Waals surface area contributed by atoms with Crippen LogP contribution in [0.15, 0.2) is 24.0 Å². The minimum atomic E-state index is -0.0201. The molecule has 0 aromatic heterocycles. The SMILES string of the molecule is CC=C(NCc1c(C)ccc(Cl)c1Cl)NC(=O)C1SCCS1. The monoisotopic (exact) mass is 376 g/mol. The summed E-state index contributed by atoms with van der Waals surface area (Å²) in [6.45, 7) is 4.37. The Morgan fingerprint density at radius 3 is 2.68 bits per heavy atom. The molecule has 3 nitrogen and oxygen atoms in total. The van der Waals surface area contributed by atoms with Crippen LogP contribution in [0.2, 0.25) is 10.0 Å². The molecule has 120 valence electrons. The van der Waals surface area contributed by atoms with E-state index in [0.29, 0.717) is 22.4 Å². The zero-order valence-electron chi connectivity index (χ0n) is 12.4. The number of aryl methyl sites for hydroxylation is 1. The Bertz CT molecular complexity index is 587. The number of rotatable bonds is 5. The van der Waals surface area contributed by atoms with Crippen LogP contribution < -0.4 is 10.6 Å². The van der Waals surface area contributed by atoms with Gasteiger partial charge < -0.3 is 10.6 Å². The van der Waals surface area contributed by atoms with Crippen LogP contribution >= 0.6 is 46.7 Å². The maximum absolute atomic E-state index is 12.1. The van der Waals surface area contributed by atoms with Crippen molar-refractivity contribution in [2.45, 2.75) is 25.0 Å². The molecule has 1 fully saturated rings. The average molecular weight is 377 g/mol. The van der Waals surface area contributed by atoms with Crippen molar-refractivity contribution in [1.82, 2.24) is 10.6 Å². The lowest BCUT2D eigenvalue weighted by Gasteiger charge is -2.16. The van der Waals surface area contributed by atoms with Crippen molar-refractivity contribution in [1.29, 1.82) is 0 Å². The predicted octanol–water partition coefficient (Wildman–Crippen LogP) is 4.18. The van der Waals surface area contributed by atoms with Crippen molar-refractivity contribution < 1.29 is 4.79 Å². The molecular weight excluding hydrogens is 359 g/mol. The van der Waals surface area contributed by atoms with Gasteiger partial charge in [-0.3, -0.25) is 4.79 Å². The number of benzene rings is 1. The third kappa shape index (κ3) is 4.51. The van der Waals surface area contributed by atoms with Crippen molar-refractivity contribution in [3.05, 3.63) is 45.2 Å². The van der Waals surface area contributed by atoms with Crippen molar-refractivity contribution in [2.24, 2.45) is 0 Å². The van der Waals surface area contributed by atoms with Crippen LogP contribution in [0, 0.1) is 6.92 Å². The van der Waals surface area contributed by atoms with E-state index in [1.54, 1.807) is 29.6 Å². The summed E-state index contributed by atoms with van der Waals surface area (Å²) in [6.07, 6.45) is 1.84. The molecule has 0 atom stereocenters. The average Bonchev–Trinajstić information content (AvgIpc) is 3.04. The normalized spacial score (nSPS) is 15.9. The number of carbonyl (C=O) groups excluding carboxylic acids is 1. The molecule has 1 aromatic carbocycles. The van der Waals surface area contributed by atoms with E-state index in [1.807, 2.05) is 26.0 Å². The lowest BCUT2D eigenvalue weighted by Crippen LogP contribution is -2.35. The third-order valence-electron chi connectivity index (χ3n) is 3.27. The largest absolute Gasteiger partial charge is 0.368 e. The fourth-order valence-electron chi connectivity index (χ4n) is 2.01. The first-order valence-electron chi connectivity index (χ1n) is 6.90. The van der Waals surface area contributed by atoms with Crippen molar-refractivity contribution in [3.8, 4) is 0 Å². The van der Waals surface area contributed by atoms with Crippen molar-refractivity contribution in [3.63, 3.8) is 0 Å². The van der Waals surface area contributed by atoms with E-state index in [1.165, 1.54) is 0 Å². The lowest BCUT2D eigenvalue weighted by molar-refractivity contribution is -0.118. The van der Waals surface area contributed by atoms with Crippen LogP contribution in [0.25, 0.3) is 0 Å². The second-order valence-electron chi connectivity index (χ2n) is 4.78. The molecule has 7 heteroatoms. The summed E-state index contributed by atoms with van der Waals surface area (Å²) in [5.74, 6) is 2.77. The van der Waals surface area contributed by atoms with Gasteiger partial charge in [-0.1, -0.05) is 29.3 Å². The first-order valence-corrected chi connectivity index (χ1v) is 9.76. The topological polar surface area (TPSA) is 41.1 Å². The lowest BCUT2D eigenvalue weighted by atomic mass is 10.1. The molecule has 22 heavy (non-hydrogen) atoms. The van der Waals surface area contributed by atoms with Crippen LogP contribution in [0.5, 0.6) is 0 Å². The van der Waals surface area contributed by atoms with Gasteiger partial charge >= 0.3 is 0 Å². The first kappa shape index (κ1) is 17.9. The quantitative estimate of drug-likeness (QED) is 0.808. The molecule has 0 aliphatic carbocycles. The maximum Gasteiger partial charge on any atom is 0.248 e. The van der Waals surface area contributed by atoms with Crippen molar-refractivity contribution >= 4 is 52.6 Å². The molecule has 1 aliphatic heterocycles. The summed E-state index contributed by atoms with van der Waals surface area (Å²) >= 11 is 15.7. The van der Waals surface area contributed by atoms with Gasteiger partial charge in [-0.2, -0.15) is 0 Å². The van der Waals surface area contributed by atoms with E-state index < -0.39 is 0 Å². The number of carbonyl (C=O) groups is 1. The van der Waals surface area contributed by atoms with Gasteiger partial charge in [-0.05, 0) is 37.1 Å². The van der Waals surface area contributed by atoms with E-state index >= 15 is 0 Å². The number of hydrogen-bond donors (Lipinski definition) is 2. The zero-order valence-corrected chi connectivity index (χ0v) is 15.6. The van der Waals surface area contributed by atoms with Crippen LogP contribution in [0.1, 0.15) is 18.1 Å². The van der Waals surface area contributed by atoms with Crippen LogP contribution in [0.3, 0.4) is 0 Å². The van der Waals surface area contributed by atoms with E-state index in [4.69, 9.17) is 23.2 Å². The second kappa shape index (κ2) is 8.39. The van der Waals surface area contributed by atoms with E-state index in [-0.39, 0.29) is 10.5 Å². The molecule has 0 saturated carbocycles. The van der Waals surface area contributed by atoms with Crippen molar-refractivity contribution in [2.75, 3.05) is 11.5 Å². The highest BCUT2D eigenvalue weighted by Gasteiger charge is 2.24. The standard InChI is InChI=1S/C15H18Cl2N2OS2/c1-3-12(19-14(20)15-21-6-7-22-15)18-8-10-9(2)4-5-11(16)13(10)17/h3-5,15,18H,6-8H2,1-2H3,(H,19,20). The molecule has 1 heterocycles. The van der Waals surface area contributed by atoms with Gasteiger partial charge in [0, 0.05) is 18.1 Å². The first-order chi connectivity index (χ1) is 10.5. The fraction of sp³-hybridized carbons (Fsp3) is 0.400. The molecule has 0 bridgehead atoms. The Morgan fingerprint density at radius 1 is 1.36 bits per heavy atom. The summed E-state index contributed by atoms with van der Waals surface area (Å²) in [4.78, 5) is 12.1. The molecule has 1 aromatic rings. The van der Waals surface area contributed by atoms with Gasteiger partial charge in [0.05, 0.1) is 10.0 Å². The fourth-order valence-corrected chi connectivity index (χ4v) is 5.05. The molecule has 2 N–H and O–H groups in total. The predicted molar refractivity (Wildman–Crippen MR) is 98.6 cm³/mol. The Balaban J connectivity index is 1.97. The Labute approximate surface area is 149 Å². The summed E-state index contributed by atoms with van der Waals surface area (Å²) in [7, 11) is 0. The zero-order chi connectivity index (χ0) is 16.1. The van der Waals surface area contributed by atoms with Crippen LogP contribution in [-0.4, -0.2) is 22.0 Å². The number of amides is 1. The molecule has 1 aliphatic rings. The molecule has 0 radical (unpaired) electrons. The number of allylic oxidation sites excluding steroid dienone is 1. The number of halogens is 2. The summed E-state index contributed by atoms with van der Waals surface area (Å²) in [6, 6.07) is 3.72. The number of hydrogen-bond acceptors (Lipinski definition) is 4. The minimum absolute atomic E-state index is 0.0201. The highest BCUT2D eigenvalue weighted by molar-refractivity contribution is 8.21. The van der Waals surface area contributed by atoms with Gasteiger partial charge in [0.15, 0.2) is 0 Å². The maximum atomic E-state index is 12.1. The van der Waals surface area contributed by atoms with Gasteiger partial charge in [0.2, 0.25) is 5.91 Å². The van der Waals surface area contributed by atoms with Gasteiger partial charge in [0.25, 0.3) is 0 Å². The van der Waals surface area contributed by atoms with E-state index in [9.17, 15) is 4.79 Å². The van der Waals surface area contributed by atoms with Gasteiger partial charge in [0.1, 0.15) is 10.4 Å². The smallest absolute Gasteiger partial charge is 0.248 e. The highest BCUT2D eigenvalue weighted by Crippen LogP contribution is 2.32. The molecule has 1 amide bonds. The summed E-state index contributed by atoms with van der Waals surface area (Å²) in [5.41, 5.74) is 2.00. The second-order valence-corrected chi connectivity index (χ2v) is 8.29. The Morgan fingerprint density at radius 2 is 2.05 bits per heavy atom. The minimum Gasteiger partial charge on any atom is -0.368 e. The summed E-state index contributed by atoms with van der Waals surface area (Å²) < 4.78 is -0.0201. The molecule has 0 unspecified atom stereocenters. The third-order valence-corrected chi connectivity index (χ3v) is 7.10. The molecule has 2 rings (SSSR count). The van der Waals surface area contributed by atoms with E-state index in [0.717, 1.165) is 22.6 Å². The number of thioether (sulfide) groups is 2. The molecule has 1 saturated heterocycles. The Kier molecular flexibility index (Phi) is 6.81. The van der Waals surface area contributed by atoms with Crippen LogP contribution in [-0.2, 0) is 11.3 Å². The number of nitrogens with one attached hydrogen (secondary N) is 2. The van der Waals surface area contributed by atoms with E-state index in [2.05, 4.69) is 10.6 Å². The van der Waals surface area contributed by atoms with Gasteiger partial charge in [-0.15, -0.1) is 23.5 Å². The highest BCUT2D eigenvalue weighted by atomic mass is 35.5. The molecule has 0 spiro atoms.